The molecular weight excluding hydrogens is 419 g/mol. The van der Waals surface area contributed by atoms with Gasteiger partial charge in [0, 0.05) is 34.0 Å². The van der Waals surface area contributed by atoms with E-state index in [0.717, 1.165) is 13.6 Å². The van der Waals surface area contributed by atoms with Gasteiger partial charge in [-0.1, -0.05) is 6.07 Å². The van der Waals surface area contributed by atoms with Gasteiger partial charge in [0.05, 0.1) is 5.56 Å². The van der Waals surface area contributed by atoms with Crippen molar-refractivity contribution in [2.24, 2.45) is 0 Å². The Labute approximate surface area is 134 Å². The molecule has 0 bridgehead atoms. The van der Waals surface area contributed by atoms with Gasteiger partial charge < -0.3 is 4.90 Å². The smallest absolute Gasteiger partial charge is 0.255 e. The van der Waals surface area contributed by atoms with Crippen LogP contribution in [0, 0.1) is 3.57 Å². The van der Waals surface area contributed by atoms with E-state index in [0.29, 0.717) is 12.1 Å². The number of hydrogen-bond donors (Lipinski definition) is 0. The number of halogens is 2. The highest BCUT2D eigenvalue weighted by atomic mass is 127. The van der Waals surface area contributed by atoms with Crippen LogP contribution in [0.15, 0.2) is 47.2 Å². The molecule has 1 heterocycles. The van der Waals surface area contributed by atoms with Crippen LogP contribution in [-0.2, 0) is 6.54 Å². The highest BCUT2D eigenvalue weighted by molar-refractivity contribution is 14.1. The van der Waals surface area contributed by atoms with E-state index < -0.39 is 0 Å². The first kappa shape index (κ1) is 14.5. The number of amides is 1. The van der Waals surface area contributed by atoms with Gasteiger partial charge in [0.15, 0.2) is 0 Å². The molecule has 0 aliphatic rings. The maximum absolute atomic E-state index is 12.4. The van der Waals surface area contributed by atoms with Gasteiger partial charge in [0.25, 0.3) is 5.91 Å². The summed E-state index contributed by atoms with van der Waals surface area (Å²) in [5.41, 5.74) is 1.69. The second kappa shape index (κ2) is 6.47. The van der Waals surface area contributed by atoms with Gasteiger partial charge in [0.1, 0.15) is 0 Å². The third-order valence-electron chi connectivity index (χ3n) is 2.65. The van der Waals surface area contributed by atoms with Crippen LogP contribution >= 0.6 is 38.5 Å². The third-order valence-corrected chi connectivity index (χ3v) is 4.01. The van der Waals surface area contributed by atoms with Gasteiger partial charge >= 0.3 is 0 Å². The summed E-state index contributed by atoms with van der Waals surface area (Å²) in [4.78, 5) is 18.1. The number of carbonyl (C=O) groups is 1. The lowest BCUT2D eigenvalue weighted by Gasteiger charge is -2.18. The maximum atomic E-state index is 12.4. The fourth-order valence-electron chi connectivity index (χ4n) is 1.70. The van der Waals surface area contributed by atoms with Gasteiger partial charge in [-0.2, -0.15) is 0 Å². The summed E-state index contributed by atoms with van der Waals surface area (Å²) in [7, 11) is 1.79. The number of aromatic nitrogens is 1. The molecule has 0 aliphatic heterocycles. The highest BCUT2D eigenvalue weighted by Crippen LogP contribution is 2.21. The first-order valence-electron chi connectivity index (χ1n) is 5.67. The summed E-state index contributed by atoms with van der Waals surface area (Å²) in [6.45, 7) is 0.546. The summed E-state index contributed by atoms with van der Waals surface area (Å²) in [5.74, 6) is -0.00533. The van der Waals surface area contributed by atoms with Crippen molar-refractivity contribution in [2.75, 3.05) is 7.05 Å². The van der Waals surface area contributed by atoms with Crippen molar-refractivity contribution in [3.63, 3.8) is 0 Å². The molecule has 5 heteroatoms. The lowest BCUT2D eigenvalue weighted by Crippen LogP contribution is -2.26. The molecule has 19 heavy (non-hydrogen) atoms. The van der Waals surface area contributed by atoms with E-state index in [2.05, 4.69) is 43.5 Å². The largest absolute Gasteiger partial charge is 0.337 e. The van der Waals surface area contributed by atoms with Crippen molar-refractivity contribution in [3.8, 4) is 0 Å². The van der Waals surface area contributed by atoms with Crippen molar-refractivity contribution >= 4 is 44.4 Å². The van der Waals surface area contributed by atoms with Gasteiger partial charge in [-0.15, -0.1) is 0 Å². The molecule has 0 saturated heterocycles. The van der Waals surface area contributed by atoms with Gasteiger partial charge in [0.2, 0.25) is 0 Å². The molecule has 0 saturated carbocycles. The molecule has 98 valence electrons. The van der Waals surface area contributed by atoms with Crippen molar-refractivity contribution in [2.45, 2.75) is 6.54 Å². The molecule has 1 aromatic carbocycles. The Morgan fingerprint density at radius 3 is 2.89 bits per heavy atom. The van der Waals surface area contributed by atoms with E-state index in [1.807, 2.05) is 30.3 Å². The van der Waals surface area contributed by atoms with E-state index in [-0.39, 0.29) is 5.91 Å². The zero-order valence-corrected chi connectivity index (χ0v) is 14.1. The van der Waals surface area contributed by atoms with E-state index in [4.69, 9.17) is 0 Å². The van der Waals surface area contributed by atoms with Gasteiger partial charge in [-0.05, 0) is 68.3 Å². The monoisotopic (exact) mass is 430 g/mol. The average Bonchev–Trinajstić information content (AvgIpc) is 2.42. The van der Waals surface area contributed by atoms with E-state index in [1.165, 1.54) is 0 Å². The summed E-state index contributed by atoms with van der Waals surface area (Å²) in [6, 6.07) is 9.57. The van der Waals surface area contributed by atoms with E-state index in [1.54, 1.807) is 24.3 Å². The minimum atomic E-state index is -0.00533. The van der Waals surface area contributed by atoms with Crippen molar-refractivity contribution in [3.05, 3.63) is 61.9 Å². The second-order valence-electron chi connectivity index (χ2n) is 4.15. The Balaban J connectivity index is 2.17. The molecule has 2 aromatic rings. The maximum Gasteiger partial charge on any atom is 0.255 e. The molecule has 1 aromatic heterocycles. The molecule has 3 nitrogen and oxygen atoms in total. The average molecular weight is 431 g/mol. The minimum absolute atomic E-state index is 0.00533. The van der Waals surface area contributed by atoms with Gasteiger partial charge in [-0.25, -0.2) is 0 Å². The molecule has 0 N–H and O–H groups in total. The second-order valence-corrected chi connectivity index (χ2v) is 6.25. The van der Waals surface area contributed by atoms with Crippen LogP contribution < -0.4 is 0 Å². The minimum Gasteiger partial charge on any atom is -0.337 e. The number of benzene rings is 1. The predicted octanol–water partition coefficient (Wildman–Crippen LogP) is 3.72. The molecule has 0 fully saturated rings. The van der Waals surface area contributed by atoms with Crippen LogP contribution in [0.25, 0.3) is 0 Å². The molecule has 0 aliphatic carbocycles. The first-order chi connectivity index (χ1) is 9.08. The zero-order valence-electron chi connectivity index (χ0n) is 10.3. The van der Waals surface area contributed by atoms with Crippen molar-refractivity contribution in [1.29, 1.82) is 0 Å². The Kier molecular flexibility index (Phi) is 4.93. The highest BCUT2D eigenvalue weighted by Gasteiger charge is 2.15. The SMILES string of the molecule is CN(Cc1cccnc1)C(=O)c1cc(I)ccc1Br. The van der Waals surface area contributed by atoms with Crippen LogP contribution in [-0.4, -0.2) is 22.8 Å². The number of carbonyl (C=O) groups excluding carboxylic acids is 1. The Hall–Kier alpha value is -0.950. The Bertz CT molecular complexity index is 589. The zero-order chi connectivity index (χ0) is 13.8. The molecule has 0 atom stereocenters. The topological polar surface area (TPSA) is 33.2 Å². The molecule has 2 rings (SSSR count). The van der Waals surface area contributed by atoms with Crippen LogP contribution in [0.5, 0.6) is 0 Å². The Morgan fingerprint density at radius 1 is 1.42 bits per heavy atom. The molecular formula is C14H12BrIN2O. The lowest BCUT2D eigenvalue weighted by atomic mass is 10.2. The van der Waals surface area contributed by atoms with Crippen molar-refractivity contribution < 1.29 is 4.79 Å². The standard InChI is InChI=1S/C14H12BrIN2O/c1-18(9-10-3-2-6-17-8-10)14(19)12-7-11(16)4-5-13(12)15/h2-8H,9H2,1H3. The Morgan fingerprint density at radius 2 is 2.21 bits per heavy atom. The fraction of sp³-hybridized carbons (Fsp3) is 0.143. The number of pyridine rings is 1. The summed E-state index contributed by atoms with van der Waals surface area (Å²) >= 11 is 5.62. The fourth-order valence-corrected chi connectivity index (χ4v) is 2.61. The molecule has 0 unspecified atom stereocenters. The summed E-state index contributed by atoms with van der Waals surface area (Å²) in [6.07, 6.45) is 3.50. The number of rotatable bonds is 3. The van der Waals surface area contributed by atoms with Crippen LogP contribution in [0.4, 0.5) is 0 Å². The summed E-state index contributed by atoms with van der Waals surface area (Å²) in [5, 5.41) is 0. The lowest BCUT2D eigenvalue weighted by molar-refractivity contribution is 0.0784. The quantitative estimate of drug-likeness (QED) is 0.695. The van der Waals surface area contributed by atoms with Gasteiger partial charge in [-0.3, -0.25) is 9.78 Å². The predicted molar refractivity (Wildman–Crippen MR) is 86.9 cm³/mol. The van der Waals surface area contributed by atoms with Crippen LogP contribution in [0.1, 0.15) is 15.9 Å². The number of hydrogen-bond acceptors (Lipinski definition) is 2. The van der Waals surface area contributed by atoms with Crippen LogP contribution in [0.3, 0.4) is 0 Å². The van der Waals surface area contributed by atoms with E-state index in [9.17, 15) is 4.79 Å². The van der Waals surface area contributed by atoms with E-state index >= 15 is 0 Å². The first-order valence-corrected chi connectivity index (χ1v) is 7.54. The molecule has 0 radical (unpaired) electrons. The number of nitrogens with zero attached hydrogens (tertiary/aromatic N) is 2. The van der Waals surface area contributed by atoms with Crippen LogP contribution in [0.2, 0.25) is 0 Å². The molecule has 1 amide bonds. The molecule has 0 spiro atoms. The normalized spacial score (nSPS) is 10.3. The van der Waals surface area contributed by atoms with Crippen molar-refractivity contribution in [1.82, 2.24) is 9.88 Å². The summed E-state index contributed by atoms with van der Waals surface area (Å²) < 4.78 is 1.86. The third kappa shape index (κ3) is 3.76.